The number of aliphatic hydroxyl groups excluding tert-OH is 1. The molecule has 162 valence electrons. The van der Waals surface area contributed by atoms with Gasteiger partial charge in [0.15, 0.2) is 0 Å². The van der Waals surface area contributed by atoms with Crippen LogP contribution in [-0.2, 0) is 6.54 Å². The Morgan fingerprint density at radius 1 is 1.23 bits per heavy atom. The first kappa shape index (κ1) is 22.4. The van der Waals surface area contributed by atoms with Crippen molar-refractivity contribution in [3.05, 3.63) is 58.1 Å². The van der Waals surface area contributed by atoms with Gasteiger partial charge in [0.05, 0.1) is 16.6 Å². The van der Waals surface area contributed by atoms with E-state index in [2.05, 4.69) is 11.4 Å². The lowest BCUT2D eigenvalue weighted by atomic mass is 9.95. The van der Waals surface area contributed by atoms with Gasteiger partial charge in [-0.05, 0) is 30.0 Å². The number of likely N-dealkylation sites (tertiary alicyclic amines) is 1. The number of carbonyl (C=O) groups excluding carboxylic acids is 1. The number of halogens is 1. The lowest BCUT2D eigenvalue weighted by Crippen LogP contribution is -2.32. The van der Waals surface area contributed by atoms with Crippen molar-refractivity contribution in [2.24, 2.45) is 5.41 Å². The third-order valence-electron chi connectivity index (χ3n) is 5.51. The first-order valence-corrected chi connectivity index (χ1v) is 10.5. The summed E-state index contributed by atoms with van der Waals surface area (Å²) >= 11 is 5.95. The zero-order valence-corrected chi connectivity index (χ0v) is 18.1. The second-order valence-electron chi connectivity index (χ2n) is 8.65. The number of nitrogens with zero attached hydrogens (tertiary/aromatic N) is 1. The van der Waals surface area contributed by atoms with Crippen LogP contribution >= 0.6 is 11.6 Å². The summed E-state index contributed by atoms with van der Waals surface area (Å²) in [6, 6.07) is 10.5. The number of carbonyl (C=O) groups is 1. The van der Waals surface area contributed by atoms with Gasteiger partial charge in [0, 0.05) is 37.7 Å². The summed E-state index contributed by atoms with van der Waals surface area (Å²) in [6.07, 6.45) is 1.71. The summed E-state index contributed by atoms with van der Waals surface area (Å²) < 4.78 is 0. The van der Waals surface area contributed by atoms with Crippen molar-refractivity contribution < 1.29 is 20.1 Å². The summed E-state index contributed by atoms with van der Waals surface area (Å²) in [5, 5.41) is 32.6. The highest BCUT2D eigenvalue weighted by atomic mass is 35.5. The Bertz CT molecular complexity index is 916. The van der Waals surface area contributed by atoms with Gasteiger partial charge in [-0.15, -0.1) is 0 Å². The molecule has 4 N–H and O–H groups in total. The highest BCUT2D eigenvalue weighted by Crippen LogP contribution is 2.37. The summed E-state index contributed by atoms with van der Waals surface area (Å²) in [5.41, 5.74) is 2.07. The molecule has 0 bridgehead atoms. The van der Waals surface area contributed by atoms with Crippen molar-refractivity contribution in [1.29, 1.82) is 0 Å². The predicted octanol–water partition coefficient (Wildman–Crippen LogP) is 3.84. The van der Waals surface area contributed by atoms with Crippen LogP contribution in [-0.4, -0.2) is 45.8 Å². The second-order valence-corrected chi connectivity index (χ2v) is 9.06. The van der Waals surface area contributed by atoms with Crippen LogP contribution in [0, 0.1) is 5.41 Å². The van der Waals surface area contributed by atoms with Gasteiger partial charge in [-0.1, -0.05) is 49.7 Å². The fraction of sp³-hybridized carbons (Fsp3) is 0.435. The van der Waals surface area contributed by atoms with Crippen LogP contribution in [0.1, 0.15) is 54.2 Å². The van der Waals surface area contributed by atoms with E-state index in [9.17, 15) is 20.1 Å². The fourth-order valence-electron chi connectivity index (χ4n) is 3.74. The predicted molar refractivity (Wildman–Crippen MR) is 117 cm³/mol. The van der Waals surface area contributed by atoms with Crippen LogP contribution in [0.3, 0.4) is 0 Å². The number of hydrogen-bond acceptors (Lipinski definition) is 5. The first-order chi connectivity index (χ1) is 14.2. The number of rotatable bonds is 7. The lowest BCUT2D eigenvalue weighted by molar-refractivity contribution is 0.0732. The Kier molecular flexibility index (Phi) is 6.91. The molecule has 30 heavy (non-hydrogen) atoms. The van der Waals surface area contributed by atoms with E-state index in [1.54, 1.807) is 4.90 Å². The van der Waals surface area contributed by atoms with Crippen molar-refractivity contribution >= 4 is 17.5 Å². The molecule has 1 heterocycles. The number of benzene rings is 2. The highest BCUT2D eigenvalue weighted by Gasteiger charge is 2.32. The van der Waals surface area contributed by atoms with Gasteiger partial charge in [-0.3, -0.25) is 4.79 Å². The van der Waals surface area contributed by atoms with E-state index in [1.807, 2.05) is 32.0 Å². The van der Waals surface area contributed by atoms with E-state index in [4.69, 9.17) is 11.6 Å². The molecule has 3 rings (SSSR count). The van der Waals surface area contributed by atoms with E-state index in [0.29, 0.717) is 19.6 Å². The zero-order valence-electron chi connectivity index (χ0n) is 17.4. The van der Waals surface area contributed by atoms with Gasteiger partial charge in [0.25, 0.3) is 5.91 Å². The summed E-state index contributed by atoms with van der Waals surface area (Å²) in [5.74, 6) is -0.838. The third kappa shape index (κ3) is 5.06. The van der Waals surface area contributed by atoms with Crippen molar-refractivity contribution in [3.63, 3.8) is 0 Å². The molecular formula is C23H29ClN2O4. The molecule has 2 aromatic carbocycles. The van der Waals surface area contributed by atoms with Crippen LogP contribution < -0.4 is 5.32 Å². The zero-order chi connectivity index (χ0) is 21.9. The minimum atomic E-state index is -0.301. The molecule has 1 fully saturated rings. The third-order valence-corrected chi connectivity index (χ3v) is 5.81. The molecule has 0 radical (unpaired) electrons. The minimum Gasteiger partial charge on any atom is -0.507 e. The first-order valence-electron chi connectivity index (χ1n) is 10.1. The van der Waals surface area contributed by atoms with E-state index < -0.39 is 0 Å². The number of aliphatic hydroxyl groups is 1. The van der Waals surface area contributed by atoms with E-state index in [0.717, 1.165) is 30.0 Å². The Labute approximate surface area is 182 Å². The quantitative estimate of drug-likeness (QED) is 0.533. The normalized spacial score (nSPS) is 16.8. The molecule has 1 aliphatic heterocycles. The Morgan fingerprint density at radius 2 is 2.00 bits per heavy atom. The number of hydrogen-bond donors (Lipinski definition) is 4. The van der Waals surface area contributed by atoms with Crippen LogP contribution in [0.15, 0.2) is 36.4 Å². The number of phenols is 2. The van der Waals surface area contributed by atoms with Gasteiger partial charge in [-0.2, -0.15) is 0 Å². The van der Waals surface area contributed by atoms with Gasteiger partial charge in [0.1, 0.15) is 11.5 Å². The number of amides is 1. The van der Waals surface area contributed by atoms with E-state index in [1.165, 1.54) is 6.07 Å². The Hall–Kier alpha value is -2.28. The molecule has 0 saturated carbocycles. The maximum absolute atomic E-state index is 13.1. The highest BCUT2D eigenvalue weighted by molar-refractivity contribution is 6.32. The molecule has 6 nitrogen and oxygen atoms in total. The molecule has 0 aromatic heterocycles. The number of aromatic hydroxyl groups is 2. The van der Waals surface area contributed by atoms with Crippen molar-refractivity contribution in [2.75, 3.05) is 19.7 Å². The van der Waals surface area contributed by atoms with Crippen LogP contribution in [0.2, 0.25) is 5.02 Å². The lowest BCUT2D eigenvalue weighted by Gasteiger charge is -2.26. The molecule has 2 aromatic rings. The molecule has 1 amide bonds. The van der Waals surface area contributed by atoms with Gasteiger partial charge in [0.2, 0.25) is 0 Å². The molecule has 1 aliphatic rings. The second kappa shape index (κ2) is 9.25. The van der Waals surface area contributed by atoms with Crippen molar-refractivity contribution in [1.82, 2.24) is 10.2 Å². The summed E-state index contributed by atoms with van der Waals surface area (Å²) in [4.78, 5) is 14.9. The van der Waals surface area contributed by atoms with Gasteiger partial charge in [-0.25, -0.2) is 0 Å². The topological polar surface area (TPSA) is 93.0 Å². The van der Waals surface area contributed by atoms with Crippen molar-refractivity contribution in [2.45, 2.75) is 39.3 Å². The Morgan fingerprint density at radius 3 is 2.73 bits per heavy atom. The SMILES string of the molecule is CC(C)(CO)CNCc1cccc(C2CCCN2C(=O)c2cc(Cl)c(O)cc2O)c1. The summed E-state index contributed by atoms with van der Waals surface area (Å²) in [6.45, 7) is 6.09. The fourth-order valence-corrected chi connectivity index (χ4v) is 3.91. The van der Waals surface area contributed by atoms with Gasteiger partial charge >= 0.3 is 0 Å². The molecular weight excluding hydrogens is 404 g/mol. The Balaban J connectivity index is 1.76. The average Bonchev–Trinajstić information content (AvgIpc) is 3.20. The maximum atomic E-state index is 13.1. The van der Waals surface area contributed by atoms with Gasteiger partial charge < -0.3 is 25.5 Å². The van der Waals surface area contributed by atoms with Crippen LogP contribution in [0.25, 0.3) is 0 Å². The monoisotopic (exact) mass is 432 g/mol. The summed E-state index contributed by atoms with van der Waals surface area (Å²) in [7, 11) is 0. The van der Waals surface area contributed by atoms with Crippen molar-refractivity contribution in [3.8, 4) is 11.5 Å². The molecule has 7 heteroatoms. The average molecular weight is 433 g/mol. The minimum absolute atomic E-state index is 0.0331. The standard InChI is InChI=1S/C23H29ClN2O4/c1-23(2,14-27)13-25-12-15-5-3-6-16(9-15)19-7-4-8-26(19)22(30)17-10-18(24)21(29)11-20(17)28/h3,5-6,9-11,19,25,27-29H,4,7-8,12-14H2,1-2H3. The largest absolute Gasteiger partial charge is 0.507 e. The smallest absolute Gasteiger partial charge is 0.258 e. The number of phenolic OH excluding ortho intramolecular Hbond substituents is 2. The van der Waals surface area contributed by atoms with E-state index >= 15 is 0 Å². The molecule has 1 saturated heterocycles. The maximum Gasteiger partial charge on any atom is 0.258 e. The molecule has 1 atom stereocenters. The molecule has 0 spiro atoms. The molecule has 1 unspecified atom stereocenters. The van der Waals surface area contributed by atoms with Crippen LogP contribution in [0.5, 0.6) is 11.5 Å². The molecule has 0 aliphatic carbocycles. The van der Waals surface area contributed by atoms with Crippen LogP contribution in [0.4, 0.5) is 0 Å². The van der Waals surface area contributed by atoms with E-state index in [-0.39, 0.29) is 46.1 Å². The number of nitrogens with one attached hydrogen (secondary N) is 1.